The summed E-state index contributed by atoms with van der Waals surface area (Å²) in [5, 5.41) is 0. The Balaban J connectivity index is 1.52. The van der Waals surface area contributed by atoms with Gasteiger partial charge in [-0.3, -0.25) is 0 Å². The van der Waals surface area contributed by atoms with Gasteiger partial charge in [0.25, 0.3) is 0 Å². The van der Waals surface area contributed by atoms with E-state index in [1.54, 1.807) is 0 Å². The van der Waals surface area contributed by atoms with E-state index in [9.17, 15) is 0 Å². The lowest BCUT2D eigenvalue weighted by Crippen LogP contribution is -2.41. The van der Waals surface area contributed by atoms with Gasteiger partial charge in [-0.15, -0.1) is 0 Å². The Morgan fingerprint density at radius 3 is 1.72 bits per heavy atom. The fraction of sp³-hybridized carbons (Fsp3) is 0.222. The predicted molar refractivity (Wildman–Crippen MR) is 129 cm³/mol. The highest BCUT2D eigenvalue weighted by atomic mass is 16.7. The summed E-state index contributed by atoms with van der Waals surface area (Å²) in [6.45, 7) is 8.25. The molecule has 0 N–H and O–H groups in total. The SMILES string of the molecule is CC1(C)OB(c2ccc(-c3oc(-c4ccccc4)nc3-c3ccccc3)cc2)OC1(C)C. The lowest BCUT2D eigenvalue weighted by molar-refractivity contribution is 0.00578. The first kappa shape index (κ1) is 20.7. The Hall–Kier alpha value is -3.15. The lowest BCUT2D eigenvalue weighted by Gasteiger charge is -2.32. The third-order valence-electron chi connectivity index (χ3n) is 6.39. The van der Waals surface area contributed by atoms with Gasteiger partial charge in [0.15, 0.2) is 5.76 Å². The van der Waals surface area contributed by atoms with Crippen LogP contribution >= 0.6 is 0 Å². The number of nitrogens with zero attached hydrogens (tertiary/aromatic N) is 1. The Bertz CT molecular complexity index is 1200. The van der Waals surface area contributed by atoms with E-state index in [0.29, 0.717) is 5.89 Å². The van der Waals surface area contributed by atoms with Gasteiger partial charge in [-0.1, -0.05) is 72.8 Å². The van der Waals surface area contributed by atoms with E-state index in [1.165, 1.54) is 0 Å². The Morgan fingerprint density at radius 2 is 1.16 bits per heavy atom. The lowest BCUT2D eigenvalue weighted by atomic mass is 9.78. The van der Waals surface area contributed by atoms with Crippen molar-refractivity contribution in [3.8, 4) is 34.0 Å². The first-order chi connectivity index (χ1) is 15.3. The smallest absolute Gasteiger partial charge is 0.435 e. The molecule has 0 radical (unpaired) electrons. The molecule has 0 amide bonds. The summed E-state index contributed by atoms with van der Waals surface area (Å²) >= 11 is 0. The zero-order chi connectivity index (χ0) is 22.3. The highest BCUT2D eigenvalue weighted by Crippen LogP contribution is 2.38. The minimum Gasteiger partial charge on any atom is -0.435 e. The molecule has 0 bridgehead atoms. The number of aromatic nitrogens is 1. The largest absolute Gasteiger partial charge is 0.494 e. The van der Waals surface area contributed by atoms with Crippen molar-refractivity contribution in [3.05, 3.63) is 84.9 Å². The molecule has 32 heavy (non-hydrogen) atoms. The zero-order valence-electron chi connectivity index (χ0n) is 18.8. The maximum Gasteiger partial charge on any atom is 0.494 e. The molecule has 1 aromatic heterocycles. The molecule has 5 rings (SSSR count). The molecule has 0 aliphatic carbocycles. The van der Waals surface area contributed by atoms with Gasteiger partial charge in [-0.2, -0.15) is 0 Å². The van der Waals surface area contributed by atoms with Crippen molar-refractivity contribution in [2.24, 2.45) is 0 Å². The van der Waals surface area contributed by atoms with Crippen LogP contribution in [-0.4, -0.2) is 23.3 Å². The molecule has 4 aromatic rings. The molecular weight excluding hydrogens is 397 g/mol. The van der Waals surface area contributed by atoms with Crippen molar-refractivity contribution < 1.29 is 13.7 Å². The van der Waals surface area contributed by atoms with E-state index >= 15 is 0 Å². The zero-order valence-corrected chi connectivity index (χ0v) is 18.8. The number of oxazole rings is 1. The number of benzene rings is 3. The summed E-state index contributed by atoms with van der Waals surface area (Å²) in [7, 11) is -0.391. The second-order valence-electron chi connectivity index (χ2n) is 9.14. The molecule has 0 spiro atoms. The van der Waals surface area contributed by atoms with Crippen LogP contribution < -0.4 is 5.46 Å². The monoisotopic (exact) mass is 423 g/mol. The van der Waals surface area contributed by atoms with Gasteiger partial charge in [-0.05, 0) is 45.3 Å². The van der Waals surface area contributed by atoms with Crippen molar-refractivity contribution in [1.82, 2.24) is 4.98 Å². The van der Waals surface area contributed by atoms with Crippen molar-refractivity contribution in [2.75, 3.05) is 0 Å². The van der Waals surface area contributed by atoms with Gasteiger partial charge in [-0.25, -0.2) is 4.98 Å². The molecule has 3 aromatic carbocycles. The average molecular weight is 423 g/mol. The van der Waals surface area contributed by atoms with Gasteiger partial charge in [0.1, 0.15) is 5.69 Å². The normalized spacial score (nSPS) is 16.9. The first-order valence-corrected chi connectivity index (χ1v) is 10.9. The van der Waals surface area contributed by atoms with E-state index in [-0.39, 0.29) is 11.2 Å². The van der Waals surface area contributed by atoms with Gasteiger partial charge in [0.2, 0.25) is 5.89 Å². The molecular formula is C27H26BNO3. The fourth-order valence-corrected chi connectivity index (χ4v) is 3.78. The molecule has 1 aliphatic rings. The second kappa shape index (κ2) is 7.77. The minimum atomic E-state index is -0.391. The van der Waals surface area contributed by atoms with Gasteiger partial charge in [0, 0.05) is 16.7 Å². The van der Waals surface area contributed by atoms with E-state index in [0.717, 1.165) is 33.6 Å². The van der Waals surface area contributed by atoms with Gasteiger partial charge in [0.05, 0.1) is 11.2 Å². The molecule has 5 heteroatoms. The maximum atomic E-state index is 6.30. The molecule has 1 aliphatic heterocycles. The quantitative estimate of drug-likeness (QED) is 0.379. The maximum absolute atomic E-state index is 6.30. The summed E-state index contributed by atoms with van der Waals surface area (Å²) in [5.74, 6) is 1.35. The molecule has 4 nitrogen and oxygen atoms in total. The topological polar surface area (TPSA) is 44.5 Å². The van der Waals surface area contributed by atoms with Crippen molar-refractivity contribution in [2.45, 2.75) is 38.9 Å². The number of hydrogen-bond donors (Lipinski definition) is 0. The van der Waals surface area contributed by atoms with Crippen LogP contribution in [0, 0.1) is 0 Å². The standard InChI is InChI=1S/C27H26BNO3/c1-26(2)27(3,4)32-28(31-26)22-17-15-20(16-18-22)24-23(19-11-7-5-8-12-19)29-25(30-24)21-13-9-6-10-14-21/h5-18H,1-4H3. The summed E-state index contributed by atoms with van der Waals surface area (Å²) in [5.41, 5.74) is 4.00. The highest BCUT2D eigenvalue weighted by Gasteiger charge is 2.51. The molecule has 0 saturated carbocycles. The van der Waals surface area contributed by atoms with Crippen molar-refractivity contribution in [1.29, 1.82) is 0 Å². The van der Waals surface area contributed by atoms with Crippen LogP contribution in [0.4, 0.5) is 0 Å². The van der Waals surface area contributed by atoms with Gasteiger partial charge >= 0.3 is 7.12 Å². The Kier molecular flexibility index (Phi) is 5.03. The molecule has 0 unspecified atom stereocenters. The van der Waals surface area contributed by atoms with Gasteiger partial charge < -0.3 is 13.7 Å². The fourth-order valence-electron chi connectivity index (χ4n) is 3.78. The van der Waals surface area contributed by atoms with E-state index in [2.05, 4.69) is 39.8 Å². The van der Waals surface area contributed by atoms with E-state index in [1.807, 2.05) is 72.8 Å². The summed E-state index contributed by atoms with van der Waals surface area (Å²) < 4.78 is 18.7. The van der Waals surface area contributed by atoms with Crippen LogP contribution in [0.15, 0.2) is 89.3 Å². The number of rotatable bonds is 4. The van der Waals surface area contributed by atoms with E-state index < -0.39 is 7.12 Å². The Labute approximate surface area is 189 Å². The van der Waals surface area contributed by atoms with Crippen LogP contribution in [0.1, 0.15) is 27.7 Å². The van der Waals surface area contributed by atoms with Crippen molar-refractivity contribution >= 4 is 12.6 Å². The van der Waals surface area contributed by atoms with Crippen LogP contribution in [0.2, 0.25) is 0 Å². The first-order valence-electron chi connectivity index (χ1n) is 10.9. The van der Waals surface area contributed by atoms with Crippen molar-refractivity contribution in [3.63, 3.8) is 0 Å². The molecule has 1 fully saturated rings. The van der Waals surface area contributed by atoms with Crippen LogP contribution in [-0.2, 0) is 9.31 Å². The summed E-state index contributed by atoms with van der Waals surface area (Å²) in [4.78, 5) is 4.85. The molecule has 1 saturated heterocycles. The minimum absolute atomic E-state index is 0.369. The van der Waals surface area contributed by atoms with Crippen LogP contribution in [0.5, 0.6) is 0 Å². The molecule has 0 atom stereocenters. The average Bonchev–Trinajstić information content (AvgIpc) is 3.34. The number of hydrogen-bond acceptors (Lipinski definition) is 4. The second-order valence-corrected chi connectivity index (χ2v) is 9.14. The highest BCUT2D eigenvalue weighted by molar-refractivity contribution is 6.62. The third-order valence-corrected chi connectivity index (χ3v) is 6.39. The van der Waals surface area contributed by atoms with Crippen LogP contribution in [0.25, 0.3) is 34.0 Å². The predicted octanol–water partition coefficient (Wildman–Crippen LogP) is 5.97. The summed E-state index contributed by atoms with van der Waals surface area (Å²) in [6, 6.07) is 28.3. The van der Waals surface area contributed by atoms with E-state index in [4.69, 9.17) is 18.7 Å². The summed E-state index contributed by atoms with van der Waals surface area (Å²) in [6.07, 6.45) is 0. The van der Waals surface area contributed by atoms with Crippen LogP contribution in [0.3, 0.4) is 0 Å². The third kappa shape index (κ3) is 3.68. The molecule has 2 heterocycles. The molecule has 160 valence electrons. The Morgan fingerprint density at radius 1 is 0.625 bits per heavy atom.